The number of aliphatic hydroxyl groups is 3. The molecule has 0 saturated carbocycles. The Kier molecular flexibility index (Phi) is 34.1. The van der Waals surface area contributed by atoms with Crippen LogP contribution < -0.4 is 0 Å². The monoisotopic (exact) mass is 869 g/mol. The van der Waals surface area contributed by atoms with Crippen LogP contribution >= 0.6 is 0 Å². The number of hydrogen-bond donors (Lipinski definition) is 4. The van der Waals surface area contributed by atoms with E-state index in [9.17, 15) is 37.9 Å². The van der Waals surface area contributed by atoms with Crippen LogP contribution in [0.5, 0.6) is 0 Å². The molecule has 1 aliphatic rings. The van der Waals surface area contributed by atoms with E-state index >= 15 is 0 Å². The van der Waals surface area contributed by atoms with Gasteiger partial charge in [-0.25, -0.2) is 0 Å². The van der Waals surface area contributed by atoms with E-state index < -0.39 is 71.2 Å². The maximum Gasteiger partial charge on any atom is 0.306 e. The highest BCUT2D eigenvalue weighted by molar-refractivity contribution is 7.85. The molecule has 2 unspecified atom stereocenters. The third kappa shape index (κ3) is 31.2. The average molecular weight is 869 g/mol. The molecule has 4 N–H and O–H groups in total. The van der Waals surface area contributed by atoms with Gasteiger partial charge in [-0.3, -0.25) is 14.1 Å². The highest BCUT2D eigenvalue weighted by Crippen LogP contribution is 2.24. The first-order valence-corrected chi connectivity index (χ1v) is 24.5. The molecule has 0 bridgehead atoms. The standard InChI is InChI=1S/C47H80O12S/c1-3-5-7-9-11-13-15-17-19-20-22-23-25-27-29-31-33-35-42(48)56-37-40(38-57-47-46(52)45(51)44(50)41(59-47)39-60(53,54)55)58-43(49)36-34-32-30-28-26-24-21-18-16-14-12-10-8-6-4-2/h7,9,13-16,19-20,23,25,40-41,44-47,50-52H,3-6,8,10-12,17-18,21-22,24,26-39H2,1-2H3,(H,53,54,55)/b9-7+,15-13+,16-14+,20-19+,25-23+/t40-,41-,44-,45?,46?,47+/m1/s1. The number of carbonyl (C=O) groups excluding carboxylic acids is 2. The molecule has 0 aromatic carbocycles. The lowest BCUT2D eigenvalue weighted by atomic mass is 10.00. The van der Waals surface area contributed by atoms with Crippen LogP contribution in [0.2, 0.25) is 0 Å². The summed E-state index contributed by atoms with van der Waals surface area (Å²) in [7, 11) is -4.61. The fraction of sp³-hybridized carbons (Fsp3) is 0.745. The number of ether oxygens (including phenoxy) is 4. The molecule has 0 aromatic rings. The number of rotatable bonds is 37. The highest BCUT2D eigenvalue weighted by atomic mass is 32.2. The molecule has 0 aliphatic carbocycles. The molecule has 0 amide bonds. The summed E-state index contributed by atoms with van der Waals surface area (Å²) in [6.07, 6.45) is 35.4. The summed E-state index contributed by atoms with van der Waals surface area (Å²) < 4.78 is 54.0. The minimum absolute atomic E-state index is 0.150. The van der Waals surface area contributed by atoms with Crippen molar-refractivity contribution in [3.05, 3.63) is 60.8 Å². The van der Waals surface area contributed by atoms with Crippen LogP contribution in [0.4, 0.5) is 0 Å². The Labute approximate surface area is 362 Å². The van der Waals surface area contributed by atoms with Crippen LogP contribution in [0.15, 0.2) is 60.8 Å². The predicted octanol–water partition coefficient (Wildman–Crippen LogP) is 9.34. The average Bonchev–Trinajstić information content (AvgIpc) is 3.21. The highest BCUT2D eigenvalue weighted by Gasteiger charge is 2.46. The number of unbranched alkanes of at least 4 members (excludes halogenated alkanes) is 15. The first kappa shape index (κ1) is 55.4. The lowest BCUT2D eigenvalue weighted by molar-refractivity contribution is -0.297. The molecule has 12 nitrogen and oxygen atoms in total. The fourth-order valence-electron chi connectivity index (χ4n) is 6.48. The topological polar surface area (TPSA) is 186 Å². The maximum absolute atomic E-state index is 12.8. The minimum Gasteiger partial charge on any atom is -0.462 e. The zero-order valence-corrected chi connectivity index (χ0v) is 37.6. The Bertz CT molecular complexity index is 1340. The summed E-state index contributed by atoms with van der Waals surface area (Å²) in [4.78, 5) is 25.4. The van der Waals surface area contributed by atoms with Crippen molar-refractivity contribution < 1.29 is 56.8 Å². The van der Waals surface area contributed by atoms with Gasteiger partial charge in [0.15, 0.2) is 12.4 Å². The lowest BCUT2D eigenvalue weighted by Gasteiger charge is -2.40. The van der Waals surface area contributed by atoms with Gasteiger partial charge < -0.3 is 34.3 Å². The molecule has 6 atom stereocenters. The summed E-state index contributed by atoms with van der Waals surface area (Å²) >= 11 is 0. The molecular weight excluding hydrogens is 789 g/mol. The van der Waals surface area contributed by atoms with E-state index in [2.05, 4.69) is 74.6 Å². The van der Waals surface area contributed by atoms with Gasteiger partial charge >= 0.3 is 11.9 Å². The molecule has 0 aromatic heterocycles. The Balaban J connectivity index is 2.48. The van der Waals surface area contributed by atoms with Crippen LogP contribution in [-0.2, 0) is 38.7 Å². The lowest BCUT2D eigenvalue weighted by Crippen LogP contribution is -2.60. The maximum atomic E-state index is 12.8. The summed E-state index contributed by atoms with van der Waals surface area (Å²) in [6.45, 7) is 3.64. The van der Waals surface area contributed by atoms with E-state index in [1.165, 1.54) is 51.4 Å². The molecule has 0 radical (unpaired) electrons. The number of esters is 2. The van der Waals surface area contributed by atoms with Crippen LogP contribution in [-0.4, -0.2) is 96.0 Å². The van der Waals surface area contributed by atoms with E-state index in [0.717, 1.165) is 77.0 Å². The second kappa shape index (κ2) is 37.0. The van der Waals surface area contributed by atoms with Gasteiger partial charge in [0.1, 0.15) is 36.8 Å². The summed E-state index contributed by atoms with van der Waals surface area (Å²) in [6, 6.07) is 0. The molecular formula is C47H80O12S. The number of allylic oxidation sites excluding steroid dienone is 10. The normalized spacial score (nSPS) is 20.7. The summed E-state index contributed by atoms with van der Waals surface area (Å²) in [5.74, 6) is -2.03. The molecule has 0 spiro atoms. The SMILES string of the molecule is CCC/C=C/C/C=C/C/C=C/C/C=C/CCCCCC(=O)OC[C@H](CO[C@H]1O[C@H](CS(=O)(=O)O)[C@@H](O)C(O)C1O)OC(=O)CCCCCCCCC/C=C/CCCCCC. The van der Waals surface area contributed by atoms with Gasteiger partial charge in [-0.05, 0) is 77.0 Å². The number of hydrogen-bond acceptors (Lipinski definition) is 11. The summed E-state index contributed by atoms with van der Waals surface area (Å²) in [5, 5.41) is 30.9. The van der Waals surface area contributed by atoms with Gasteiger partial charge in [-0.2, -0.15) is 8.42 Å². The van der Waals surface area contributed by atoms with Gasteiger partial charge in [-0.1, -0.05) is 139 Å². The third-order valence-corrected chi connectivity index (χ3v) is 10.8. The Morgan fingerprint density at radius 2 is 1.03 bits per heavy atom. The van der Waals surface area contributed by atoms with Gasteiger partial charge in [0, 0.05) is 12.8 Å². The largest absolute Gasteiger partial charge is 0.462 e. The smallest absolute Gasteiger partial charge is 0.306 e. The molecule has 1 rings (SSSR count). The zero-order chi connectivity index (χ0) is 44.1. The van der Waals surface area contributed by atoms with E-state index in [1.54, 1.807) is 0 Å². The van der Waals surface area contributed by atoms with Gasteiger partial charge in [0.05, 0.1) is 6.61 Å². The van der Waals surface area contributed by atoms with Crippen LogP contribution in [0.25, 0.3) is 0 Å². The first-order chi connectivity index (χ1) is 29.0. The predicted molar refractivity (Wildman–Crippen MR) is 238 cm³/mol. The van der Waals surface area contributed by atoms with Crippen LogP contribution in [0, 0.1) is 0 Å². The van der Waals surface area contributed by atoms with Crippen molar-refractivity contribution >= 4 is 22.1 Å². The quantitative estimate of drug-likeness (QED) is 0.0201. The van der Waals surface area contributed by atoms with Crippen LogP contribution in [0.3, 0.4) is 0 Å². The summed E-state index contributed by atoms with van der Waals surface area (Å²) in [5.41, 5.74) is 0. The van der Waals surface area contributed by atoms with Crippen molar-refractivity contribution in [3.8, 4) is 0 Å². The van der Waals surface area contributed by atoms with Crippen molar-refractivity contribution in [2.45, 2.75) is 205 Å². The molecule has 13 heteroatoms. The second-order valence-corrected chi connectivity index (χ2v) is 17.2. The zero-order valence-electron chi connectivity index (χ0n) is 36.8. The number of aliphatic hydroxyl groups excluding tert-OH is 3. The first-order valence-electron chi connectivity index (χ1n) is 22.8. The molecule has 1 fully saturated rings. The minimum atomic E-state index is -4.61. The third-order valence-electron chi connectivity index (χ3n) is 10.1. The van der Waals surface area contributed by atoms with Gasteiger partial charge in [0.2, 0.25) is 0 Å². The second-order valence-electron chi connectivity index (χ2n) is 15.7. The van der Waals surface area contributed by atoms with Gasteiger partial charge in [0.25, 0.3) is 10.1 Å². The van der Waals surface area contributed by atoms with Gasteiger partial charge in [-0.15, -0.1) is 0 Å². The fourth-order valence-corrected chi connectivity index (χ4v) is 7.18. The molecule has 1 heterocycles. The van der Waals surface area contributed by atoms with E-state index in [1.807, 2.05) is 0 Å². The van der Waals surface area contributed by atoms with E-state index in [0.29, 0.717) is 12.8 Å². The van der Waals surface area contributed by atoms with E-state index in [4.69, 9.17) is 18.9 Å². The van der Waals surface area contributed by atoms with Crippen molar-refractivity contribution in [2.75, 3.05) is 19.0 Å². The van der Waals surface area contributed by atoms with E-state index in [-0.39, 0.29) is 19.4 Å². The molecule has 1 aliphatic heterocycles. The van der Waals surface area contributed by atoms with Crippen LogP contribution in [0.1, 0.15) is 168 Å². The van der Waals surface area contributed by atoms with Crippen molar-refractivity contribution in [1.29, 1.82) is 0 Å². The Morgan fingerprint density at radius 1 is 0.567 bits per heavy atom. The molecule has 346 valence electrons. The Morgan fingerprint density at radius 3 is 1.58 bits per heavy atom. The van der Waals surface area contributed by atoms with Crippen molar-refractivity contribution in [1.82, 2.24) is 0 Å². The molecule has 60 heavy (non-hydrogen) atoms. The van der Waals surface area contributed by atoms with Crippen molar-refractivity contribution in [2.24, 2.45) is 0 Å². The van der Waals surface area contributed by atoms with Crippen molar-refractivity contribution in [3.63, 3.8) is 0 Å². The number of carbonyl (C=O) groups is 2. The Hall–Kier alpha value is -2.65. The molecule has 1 saturated heterocycles.